The van der Waals surface area contributed by atoms with Crippen LogP contribution in [0, 0.1) is 0 Å². The van der Waals surface area contributed by atoms with Gasteiger partial charge in [-0.1, -0.05) is 6.92 Å². The van der Waals surface area contributed by atoms with E-state index in [-0.39, 0.29) is 6.10 Å². The lowest BCUT2D eigenvalue weighted by atomic mass is 10.1. The fourth-order valence-electron chi connectivity index (χ4n) is 1.62. The summed E-state index contributed by atoms with van der Waals surface area (Å²) in [5.74, 6) is 0. The van der Waals surface area contributed by atoms with Crippen molar-refractivity contribution in [3.8, 4) is 0 Å². The van der Waals surface area contributed by atoms with Crippen molar-refractivity contribution in [3.05, 3.63) is 15.9 Å². The molecule has 0 spiro atoms. The molecule has 1 N–H and O–H groups in total. The average molecular weight is 291 g/mol. The van der Waals surface area contributed by atoms with Gasteiger partial charge in [-0.3, -0.25) is 4.68 Å². The van der Waals surface area contributed by atoms with Crippen molar-refractivity contribution in [1.29, 1.82) is 0 Å². The molecule has 5 heteroatoms. The summed E-state index contributed by atoms with van der Waals surface area (Å²) in [5.41, 5.74) is 2.08. The van der Waals surface area contributed by atoms with Gasteiger partial charge in [0.2, 0.25) is 0 Å². The van der Waals surface area contributed by atoms with Gasteiger partial charge in [-0.2, -0.15) is 5.10 Å². The van der Waals surface area contributed by atoms with E-state index in [0.29, 0.717) is 19.4 Å². The Balaban J connectivity index is 2.69. The number of aryl methyl sites for hydroxylation is 2. The van der Waals surface area contributed by atoms with Gasteiger partial charge in [0.15, 0.2) is 0 Å². The summed E-state index contributed by atoms with van der Waals surface area (Å²) in [6.07, 6.45) is 1.77. The molecule has 0 saturated heterocycles. The molecule has 0 radical (unpaired) electrons. The zero-order valence-electron chi connectivity index (χ0n) is 10.0. The number of methoxy groups -OCH3 is 1. The lowest BCUT2D eigenvalue weighted by Gasteiger charge is -2.10. The van der Waals surface area contributed by atoms with Gasteiger partial charge in [0.25, 0.3) is 0 Å². The summed E-state index contributed by atoms with van der Waals surface area (Å²) >= 11 is 3.53. The molecule has 0 aromatic carbocycles. The van der Waals surface area contributed by atoms with Crippen LogP contribution in [0.15, 0.2) is 4.47 Å². The average Bonchev–Trinajstić information content (AvgIpc) is 2.53. The summed E-state index contributed by atoms with van der Waals surface area (Å²) in [4.78, 5) is 0. The van der Waals surface area contributed by atoms with Gasteiger partial charge in [-0.15, -0.1) is 0 Å². The van der Waals surface area contributed by atoms with Crippen LogP contribution in [-0.2, 0) is 24.6 Å². The van der Waals surface area contributed by atoms with Gasteiger partial charge in [-0.05, 0) is 28.8 Å². The summed E-state index contributed by atoms with van der Waals surface area (Å²) in [5, 5.41) is 14.2. The molecular weight excluding hydrogens is 272 g/mol. The quantitative estimate of drug-likeness (QED) is 0.867. The Hall–Kier alpha value is -0.390. The van der Waals surface area contributed by atoms with Crippen molar-refractivity contribution >= 4 is 15.9 Å². The largest absolute Gasteiger partial charge is 0.393 e. The molecule has 1 heterocycles. The van der Waals surface area contributed by atoms with Crippen LogP contribution in [0.25, 0.3) is 0 Å². The fourth-order valence-corrected chi connectivity index (χ4v) is 2.40. The second-order valence-electron chi connectivity index (χ2n) is 3.82. The number of ether oxygens (including phenoxy) is 1. The van der Waals surface area contributed by atoms with Crippen molar-refractivity contribution in [2.75, 3.05) is 13.7 Å². The Morgan fingerprint density at radius 3 is 2.75 bits per heavy atom. The standard InChI is InChI=1S/C11H19BrN2O2/c1-4-9-11(12)10(14(2)13-9)7-8(15)5-6-16-3/h8,15H,4-7H2,1-3H3. The maximum Gasteiger partial charge on any atom is 0.0766 e. The number of aliphatic hydroxyl groups is 1. The van der Waals surface area contributed by atoms with E-state index in [0.717, 1.165) is 22.3 Å². The number of nitrogens with zero attached hydrogens (tertiary/aromatic N) is 2. The van der Waals surface area contributed by atoms with Gasteiger partial charge in [-0.25, -0.2) is 0 Å². The minimum Gasteiger partial charge on any atom is -0.393 e. The Labute approximate surface area is 105 Å². The fraction of sp³-hybridized carbons (Fsp3) is 0.727. The zero-order valence-corrected chi connectivity index (χ0v) is 11.6. The number of aromatic nitrogens is 2. The third-order valence-electron chi connectivity index (χ3n) is 2.59. The Bertz CT molecular complexity index is 339. The van der Waals surface area contributed by atoms with Gasteiger partial charge in [0, 0.05) is 27.2 Å². The van der Waals surface area contributed by atoms with Gasteiger partial charge in [0.1, 0.15) is 0 Å². The number of halogens is 1. The summed E-state index contributed by atoms with van der Waals surface area (Å²) < 4.78 is 7.80. The second-order valence-corrected chi connectivity index (χ2v) is 4.62. The highest BCUT2D eigenvalue weighted by Crippen LogP contribution is 2.23. The number of hydrogen-bond donors (Lipinski definition) is 1. The Morgan fingerprint density at radius 1 is 1.56 bits per heavy atom. The Kier molecular flexibility index (Phi) is 5.44. The minimum absolute atomic E-state index is 0.378. The molecule has 1 unspecified atom stereocenters. The predicted molar refractivity (Wildman–Crippen MR) is 66.5 cm³/mol. The van der Waals surface area contributed by atoms with Crippen LogP contribution in [0.5, 0.6) is 0 Å². The van der Waals surface area contributed by atoms with Gasteiger partial charge < -0.3 is 9.84 Å². The normalized spacial score (nSPS) is 13.1. The van der Waals surface area contributed by atoms with E-state index >= 15 is 0 Å². The molecule has 0 aliphatic carbocycles. The molecule has 1 rings (SSSR count). The highest BCUT2D eigenvalue weighted by atomic mass is 79.9. The molecule has 0 fully saturated rings. The molecule has 1 aromatic rings. The minimum atomic E-state index is -0.378. The van der Waals surface area contributed by atoms with Crippen molar-refractivity contribution < 1.29 is 9.84 Å². The SMILES string of the molecule is CCc1nn(C)c(CC(O)CCOC)c1Br. The first-order valence-corrected chi connectivity index (χ1v) is 6.26. The number of aliphatic hydroxyl groups excluding tert-OH is 1. The molecule has 0 saturated carbocycles. The maximum absolute atomic E-state index is 9.82. The molecule has 16 heavy (non-hydrogen) atoms. The summed E-state index contributed by atoms with van der Waals surface area (Å²) in [6.45, 7) is 2.65. The third kappa shape index (κ3) is 3.30. The topological polar surface area (TPSA) is 47.3 Å². The monoisotopic (exact) mass is 290 g/mol. The maximum atomic E-state index is 9.82. The molecule has 1 atom stereocenters. The summed E-state index contributed by atoms with van der Waals surface area (Å²) in [6, 6.07) is 0. The van der Waals surface area contributed by atoms with E-state index < -0.39 is 0 Å². The summed E-state index contributed by atoms with van der Waals surface area (Å²) in [7, 11) is 3.55. The Morgan fingerprint density at radius 2 is 2.25 bits per heavy atom. The molecule has 0 amide bonds. The van der Waals surface area contributed by atoms with E-state index in [1.54, 1.807) is 7.11 Å². The highest BCUT2D eigenvalue weighted by molar-refractivity contribution is 9.10. The third-order valence-corrected chi connectivity index (χ3v) is 3.50. The van der Waals surface area contributed by atoms with Crippen LogP contribution in [0.2, 0.25) is 0 Å². The second kappa shape index (κ2) is 6.37. The van der Waals surface area contributed by atoms with Gasteiger partial charge in [0.05, 0.1) is 22.0 Å². The van der Waals surface area contributed by atoms with E-state index in [2.05, 4.69) is 28.0 Å². The number of rotatable bonds is 6. The van der Waals surface area contributed by atoms with Crippen LogP contribution in [0.3, 0.4) is 0 Å². The highest BCUT2D eigenvalue weighted by Gasteiger charge is 2.15. The molecule has 0 aliphatic heterocycles. The van der Waals surface area contributed by atoms with Crippen LogP contribution >= 0.6 is 15.9 Å². The molecule has 1 aromatic heterocycles. The number of hydrogen-bond acceptors (Lipinski definition) is 3. The van der Waals surface area contributed by atoms with Crippen molar-refractivity contribution in [2.45, 2.75) is 32.3 Å². The first-order chi connectivity index (χ1) is 7.60. The molecule has 0 bridgehead atoms. The van der Waals surface area contributed by atoms with Crippen LogP contribution < -0.4 is 0 Å². The zero-order chi connectivity index (χ0) is 12.1. The van der Waals surface area contributed by atoms with E-state index in [4.69, 9.17) is 4.74 Å². The molecule has 92 valence electrons. The van der Waals surface area contributed by atoms with E-state index in [1.807, 2.05) is 11.7 Å². The lowest BCUT2D eigenvalue weighted by Crippen LogP contribution is -2.15. The molecule has 4 nitrogen and oxygen atoms in total. The smallest absolute Gasteiger partial charge is 0.0766 e. The van der Waals surface area contributed by atoms with Crippen molar-refractivity contribution in [3.63, 3.8) is 0 Å². The van der Waals surface area contributed by atoms with Crippen LogP contribution in [0.1, 0.15) is 24.7 Å². The van der Waals surface area contributed by atoms with Crippen LogP contribution in [0.4, 0.5) is 0 Å². The van der Waals surface area contributed by atoms with Crippen molar-refractivity contribution in [1.82, 2.24) is 9.78 Å². The van der Waals surface area contributed by atoms with E-state index in [1.165, 1.54) is 0 Å². The first kappa shape index (κ1) is 13.7. The lowest BCUT2D eigenvalue weighted by molar-refractivity contribution is 0.109. The first-order valence-electron chi connectivity index (χ1n) is 5.47. The predicted octanol–water partition coefficient (Wildman–Crippen LogP) is 1.68. The molecular formula is C11H19BrN2O2. The molecule has 0 aliphatic rings. The van der Waals surface area contributed by atoms with Crippen molar-refractivity contribution in [2.24, 2.45) is 7.05 Å². The van der Waals surface area contributed by atoms with Gasteiger partial charge >= 0.3 is 0 Å². The van der Waals surface area contributed by atoms with Crippen LogP contribution in [-0.4, -0.2) is 34.7 Å². The van der Waals surface area contributed by atoms with E-state index in [9.17, 15) is 5.11 Å².